The highest BCUT2D eigenvalue weighted by Gasteiger charge is 2.16. The van der Waals surface area contributed by atoms with Crippen molar-refractivity contribution < 1.29 is 19.2 Å². The van der Waals surface area contributed by atoms with E-state index in [-0.39, 0.29) is 35.1 Å². The fourth-order valence-electron chi connectivity index (χ4n) is 1.95. The Morgan fingerprint density at radius 3 is 3.00 bits per heavy atom. The van der Waals surface area contributed by atoms with Gasteiger partial charge in [0.2, 0.25) is 0 Å². The fraction of sp³-hybridized carbons (Fsp3) is 0.462. The summed E-state index contributed by atoms with van der Waals surface area (Å²) >= 11 is 5.86. The number of nitro groups is 1. The molecule has 2 rings (SSSR count). The van der Waals surface area contributed by atoms with Gasteiger partial charge >= 0.3 is 0 Å². The summed E-state index contributed by atoms with van der Waals surface area (Å²) in [5.74, 6) is -0.0607. The topological polar surface area (TPSA) is 90.7 Å². The summed E-state index contributed by atoms with van der Waals surface area (Å²) in [5.41, 5.74) is -0.129. The quantitative estimate of drug-likeness (QED) is 0.640. The van der Waals surface area contributed by atoms with E-state index in [2.05, 4.69) is 5.32 Å². The summed E-state index contributed by atoms with van der Waals surface area (Å²) in [4.78, 5) is 21.6. The molecule has 0 saturated carbocycles. The lowest BCUT2D eigenvalue weighted by Crippen LogP contribution is -2.35. The van der Waals surface area contributed by atoms with E-state index < -0.39 is 4.92 Å². The number of carbonyl (C=O) groups is 1. The zero-order valence-electron chi connectivity index (χ0n) is 11.2. The van der Waals surface area contributed by atoms with Gasteiger partial charge in [0.15, 0.2) is 6.61 Å². The van der Waals surface area contributed by atoms with Crippen LogP contribution in [0.2, 0.25) is 5.02 Å². The Morgan fingerprint density at radius 2 is 2.38 bits per heavy atom. The molecule has 1 saturated heterocycles. The van der Waals surface area contributed by atoms with Crippen LogP contribution < -0.4 is 10.1 Å². The molecule has 0 unspecified atom stereocenters. The molecule has 1 aromatic carbocycles. The number of nitrogens with one attached hydrogen (secondary N) is 1. The van der Waals surface area contributed by atoms with Gasteiger partial charge in [0.1, 0.15) is 5.75 Å². The molecule has 1 aromatic rings. The number of ether oxygens (including phenoxy) is 2. The number of amides is 1. The van der Waals surface area contributed by atoms with Gasteiger partial charge in [-0.2, -0.15) is 0 Å². The van der Waals surface area contributed by atoms with Crippen molar-refractivity contribution in [3.63, 3.8) is 0 Å². The van der Waals surface area contributed by atoms with E-state index in [0.717, 1.165) is 19.4 Å². The van der Waals surface area contributed by atoms with Gasteiger partial charge in [0, 0.05) is 25.3 Å². The van der Waals surface area contributed by atoms with Crippen LogP contribution in [0.4, 0.5) is 5.69 Å². The second-order valence-electron chi connectivity index (χ2n) is 4.60. The molecule has 8 heteroatoms. The van der Waals surface area contributed by atoms with Crippen molar-refractivity contribution in [2.45, 2.75) is 18.9 Å². The van der Waals surface area contributed by atoms with Crippen molar-refractivity contribution >= 4 is 23.2 Å². The summed E-state index contributed by atoms with van der Waals surface area (Å²) in [5, 5.41) is 13.4. The Labute approximate surface area is 126 Å². The largest absolute Gasteiger partial charge is 0.482 e. The number of halogens is 1. The first-order valence-electron chi connectivity index (χ1n) is 6.51. The minimum Gasteiger partial charge on any atom is -0.482 e. The molecule has 1 heterocycles. The first-order valence-corrected chi connectivity index (χ1v) is 6.89. The van der Waals surface area contributed by atoms with Crippen molar-refractivity contribution in [2.24, 2.45) is 0 Å². The van der Waals surface area contributed by atoms with Crippen LogP contribution in [-0.2, 0) is 9.53 Å². The van der Waals surface area contributed by atoms with Gasteiger partial charge in [0.05, 0.1) is 16.0 Å². The summed E-state index contributed by atoms with van der Waals surface area (Å²) in [6.07, 6.45) is 2.02. The summed E-state index contributed by atoms with van der Waals surface area (Å²) in [6, 6.07) is 3.82. The molecule has 0 aliphatic carbocycles. The molecule has 1 amide bonds. The second kappa shape index (κ2) is 7.24. The van der Waals surface area contributed by atoms with Crippen LogP contribution in [0, 0.1) is 10.1 Å². The third-order valence-corrected chi connectivity index (χ3v) is 3.33. The fourth-order valence-corrected chi connectivity index (χ4v) is 2.18. The van der Waals surface area contributed by atoms with Gasteiger partial charge < -0.3 is 14.8 Å². The smallest absolute Gasteiger partial charge is 0.271 e. The SMILES string of the molecule is O=C(COc1ccc([N+](=O)[O-])cc1Cl)NC[C@@H]1CCCO1. The van der Waals surface area contributed by atoms with Crippen molar-refractivity contribution in [3.8, 4) is 5.75 Å². The predicted molar refractivity (Wildman–Crippen MR) is 75.6 cm³/mol. The standard InChI is InChI=1S/C13H15ClN2O5/c14-11-6-9(16(18)19)3-4-12(11)21-8-13(17)15-7-10-2-1-5-20-10/h3-4,6,10H,1-2,5,7-8H2,(H,15,17)/t10-/m0/s1. The number of benzene rings is 1. The molecular weight excluding hydrogens is 300 g/mol. The monoisotopic (exact) mass is 314 g/mol. The molecule has 0 radical (unpaired) electrons. The first kappa shape index (κ1) is 15.5. The number of carbonyl (C=O) groups excluding carboxylic acids is 1. The van der Waals surface area contributed by atoms with Crippen LogP contribution in [0.3, 0.4) is 0 Å². The molecule has 1 aliphatic rings. The van der Waals surface area contributed by atoms with Crippen LogP contribution in [0.5, 0.6) is 5.75 Å². The average molecular weight is 315 g/mol. The number of hydrogen-bond acceptors (Lipinski definition) is 5. The van der Waals surface area contributed by atoms with Crippen molar-refractivity contribution in [3.05, 3.63) is 33.3 Å². The predicted octanol–water partition coefficient (Wildman–Crippen LogP) is 1.92. The molecule has 1 atom stereocenters. The zero-order chi connectivity index (χ0) is 15.2. The maximum absolute atomic E-state index is 11.6. The molecular formula is C13H15ClN2O5. The first-order chi connectivity index (χ1) is 10.1. The van der Waals surface area contributed by atoms with E-state index in [1.165, 1.54) is 18.2 Å². The molecule has 1 aliphatic heterocycles. The van der Waals surface area contributed by atoms with Gasteiger partial charge in [0.25, 0.3) is 11.6 Å². The van der Waals surface area contributed by atoms with Gasteiger partial charge in [-0.1, -0.05) is 11.6 Å². The highest BCUT2D eigenvalue weighted by Crippen LogP contribution is 2.28. The minimum atomic E-state index is -0.552. The minimum absolute atomic E-state index is 0.0666. The maximum atomic E-state index is 11.6. The molecule has 7 nitrogen and oxygen atoms in total. The molecule has 114 valence electrons. The van der Waals surface area contributed by atoms with E-state index in [9.17, 15) is 14.9 Å². The Morgan fingerprint density at radius 1 is 1.57 bits per heavy atom. The Balaban J connectivity index is 1.79. The van der Waals surface area contributed by atoms with Crippen LogP contribution in [0.1, 0.15) is 12.8 Å². The van der Waals surface area contributed by atoms with E-state index in [4.69, 9.17) is 21.1 Å². The lowest BCUT2D eigenvalue weighted by atomic mass is 10.2. The van der Waals surface area contributed by atoms with Crippen molar-refractivity contribution in [1.29, 1.82) is 0 Å². The zero-order valence-corrected chi connectivity index (χ0v) is 12.0. The van der Waals surface area contributed by atoms with Gasteiger partial charge in [-0.3, -0.25) is 14.9 Å². The van der Waals surface area contributed by atoms with Crippen LogP contribution in [0.15, 0.2) is 18.2 Å². The number of nitro benzene ring substituents is 1. The summed E-state index contributed by atoms with van der Waals surface area (Å²) < 4.78 is 10.6. The summed E-state index contributed by atoms with van der Waals surface area (Å²) in [7, 11) is 0. The molecule has 21 heavy (non-hydrogen) atoms. The van der Waals surface area contributed by atoms with E-state index in [1.54, 1.807) is 0 Å². The lowest BCUT2D eigenvalue weighted by molar-refractivity contribution is -0.384. The molecule has 0 spiro atoms. The lowest BCUT2D eigenvalue weighted by Gasteiger charge is -2.11. The Kier molecular flexibility index (Phi) is 5.35. The number of non-ortho nitro benzene ring substituents is 1. The van der Waals surface area contributed by atoms with Crippen LogP contribution >= 0.6 is 11.6 Å². The van der Waals surface area contributed by atoms with E-state index in [0.29, 0.717) is 6.54 Å². The molecule has 0 bridgehead atoms. The average Bonchev–Trinajstić information content (AvgIpc) is 2.97. The number of nitrogens with zero attached hydrogens (tertiary/aromatic N) is 1. The molecule has 1 N–H and O–H groups in total. The third kappa shape index (κ3) is 4.57. The maximum Gasteiger partial charge on any atom is 0.271 e. The van der Waals surface area contributed by atoms with Gasteiger partial charge in [-0.25, -0.2) is 0 Å². The van der Waals surface area contributed by atoms with Crippen molar-refractivity contribution in [1.82, 2.24) is 5.32 Å². The molecule has 1 fully saturated rings. The summed E-state index contributed by atoms with van der Waals surface area (Å²) in [6.45, 7) is 0.982. The van der Waals surface area contributed by atoms with Gasteiger partial charge in [-0.05, 0) is 18.9 Å². The van der Waals surface area contributed by atoms with Crippen LogP contribution in [-0.4, -0.2) is 36.7 Å². The van der Waals surface area contributed by atoms with Crippen LogP contribution in [0.25, 0.3) is 0 Å². The highest BCUT2D eigenvalue weighted by atomic mass is 35.5. The molecule has 0 aromatic heterocycles. The van der Waals surface area contributed by atoms with E-state index in [1.807, 2.05) is 0 Å². The number of hydrogen-bond donors (Lipinski definition) is 1. The third-order valence-electron chi connectivity index (χ3n) is 3.04. The Bertz CT molecular complexity index is 531. The second-order valence-corrected chi connectivity index (χ2v) is 5.01. The van der Waals surface area contributed by atoms with E-state index >= 15 is 0 Å². The Hall–Kier alpha value is -1.86. The normalized spacial score (nSPS) is 17.5. The van der Waals surface area contributed by atoms with Gasteiger partial charge in [-0.15, -0.1) is 0 Å². The highest BCUT2D eigenvalue weighted by molar-refractivity contribution is 6.32. The van der Waals surface area contributed by atoms with Crippen molar-refractivity contribution in [2.75, 3.05) is 19.8 Å². The number of rotatable bonds is 6.